The molecular formula is C23H27N3O2. The van der Waals surface area contributed by atoms with Gasteiger partial charge >= 0.3 is 0 Å². The molecule has 0 atom stereocenters. The Bertz CT molecular complexity index is 966. The van der Waals surface area contributed by atoms with E-state index in [0.717, 1.165) is 22.5 Å². The van der Waals surface area contributed by atoms with Crippen molar-refractivity contribution in [2.24, 2.45) is 0 Å². The zero-order valence-corrected chi connectivity index (χ0v) is 17.1. The van der Waals surface area contributed by atoms with Crippen LogP contribution in [-0.4, -0.2) is 22.8 Å². The molecule has 0 saturated carbocycles. The molecular weight excluding hydrogens is 350 g/mol. The van der Waals surface area contributed by atoms with Crippen molar-refractivity contribution in [3.8, 4) is 5.69 Å². The number of methoxy groups -OCH3 is 1. The highest BCUT2D eigenvalue weighted by Crippen LogP contribution is 2.27. The highest BCUT2D eigenvalue weighted by Gasteiger charge is 2.22. The first-order valence-electron chi connectivity index (χ1n) is 9.35. The van der Waals surface area contributed by atoms with E-state index < -0.39 is 0 Å². The Morgan fingerprint density at radius 2 is 1.82 bits per heavy atom. The van der Waals surface area contributed by atoms with Crippen LogP contribution < -0.4 is 5.32 Å². The number of carbonyl (C=O) groups is 1. The van der Waals surface area contributed by atoms with Gasteiger partial charge in [0.25, 0.3) is 5.91 Å². The summed E-state index contributed by atoms with van der Waals surface area (Å²) < 4.78 is 6.92. The minimum absolute atomic E-state index is 0.129. The first kappa shape index (κ1) is 19.8. The smallest absolute Gasteiger partial charge is 0.256 e. The fourth-order valence-corrected chi connectivity index (χ4v) is 2.90. The van der Waals surface area contributed by atoms with Gasteiger partial charge in [0, 0.05) is 24.2 Å². The summed E-state index contributed by atoms with van der Waals surface area (Å²) in [6, 6.07) is 17.4. The van der Waals surface area contributed by atoms with E-state index in [2.05, 4.69) is 32.2 Å². The van der Waals surface area contributed by atoms with E-state index in [1.165, 1.54) is 0 Å². The van der Waals surface area contributed by atoms with Gasteiger partial charge in [-0.1, -0.05) is 45.0 Å². The molecule has 0 saturated heterocycles. The molecule has 3 rings (SSSR count). The van der Waals surface area contributed by atoms with Crippen molar-refractivity contribution in [1.82, 2.24) is 9.78 Å². The van der Waals surface area contributed by atoms with Gasteiger partial charge in [-0.15, -0.1) is 0 Å². The van der Waals surface area contributed by atoms with Crippen molar-refractivity contribution < 1.29 is 9.53 Å². The van der Waals surface area contributed by atoms with Crippen LogP contribution in [0.3, 0.4) is 0 Å². The van der Waals surface area contributed by atoms with E-state index >= 15 is 0 Å². The molecule has 0 spiro atoms. The fourth-order valence-electron chi connectivity index (χ4n) is 2.90. The molecule has 2 aromatic carbocycles. The Balaban J connectivity index is 1.93. The third-order valence-corrected chi connectivity index (χ3v) is 4.49. The van der Waals surface area contributed by atoms with Crippen LogP contribution in [0.25, 0.3) is 5.69 Å². The molecule has 0 aliphatic carbocycles. The van der Waals surface area contributed by atoms with Gasteiger partial charge < -0.3 is 10.1 Å². The second-order valence-electron chi connectivity index (χ2n) is 8.00. The number of anilines is 1. The summed E-state index contributed by atoms with van der Waals surface area (Å²) in [6.07, 6.45) is 0. The SMILES string of the molecule is COCc1ccc(C(=O)Nc2cc(C(C)(C)C)nn2-c2cccc(C)c2)cc1. The second-order valence-corrected chi connectivity index (χ2v) is 8.00. The van der Waals surface area contributed by atoms with Crippen molar-refractivity contribution in [2.45, 2.75) is 39.7 Å². The number of ether oxygens (including phenoxy) is 1. The number of aryl methyl sites for hydroxylation is 1. The summed E-state index contributed by atoms with van der Waals surface area (Å²) in [5, 5.41) is 7.78. The van der Waals surface area contributed by atoms with Crippen LogP contribution in [0.15, 0.2) is 54.6 Å². The molecule has 146 valence electrons. The minimum Gasteiger partial charge on any atom is -0.380 e. The molecule has 1 N–H and O–H groups in total. The molecule has 0 unspecified atom stereocenters. The first-order valence-corrected chi connectivity index (χ1v) is 9.35. The molecule has 5 heteroatoms. The molecule has 3 aromatic rings. The van der Waals surface area contributed by atoms with Crippen molar-refractivity contribution in [3.05, 3.63) is 77.0 Å². The van der Waals surface area contributed by atoms with Crippen LogP contribution in [0.1, 0.15) is 48.0 Å². The van der Waals surface area contributed by atoms with Gasteiger partial charge in [-0.05, 0) is 42.3 Å². The molecule has 5 nitrogen and oxygen atoms in total. The molecule has 1 aromatic heterocycles. The number of nitrogens with one attached hydrogen (secondary N) is 1. The lowest BCUT2D eigenvalue weighted by Crippen LogP contribution is -2.15. The van der Waals surface area contributed by atoms with Gasteiger partial charge in [0.05, 0.1) is 18.0 Å². The Labute approximate surface area is 166 Å². The van der Waals surface area contributed by atoms with Gasteiger partial charge in [0.1, 0.15) is 5.82 Å². The fraction of sp³-hybridized carbons (Fsp3) is 0.304. The summed E-state index contributed by atoms with van der Waals surface area (Å²) in [7, 11) is 1.65. The lowest BCUT2D eigenvalue weighted by Gasteiger charge is -2.14. The maximum absolute atomic E-state index is 12.8. The zero-order valence-electron chi connectivity index (χ0n) is 17.1. The number of carbonyl (C=O) groups excluding carboxylic acids is 1. The lowest BCUT2D eigenvalue weighted by atomic mass is 9.92. The topological polar surface area (TPSA) is 56.1 Å². The van der Waals surface area contributed by atoms with E-state index in [9.17, 15) is 4.79 Å². The number of hydrogen-bond donors (Lipinski definition) is 1. The summed E-state index contributed by atoms with van der Waals surface area (Å²) in [5.74, 6) is 0.486. The van der Waals surface area contributed by atoms with Crippen LogP contribution in [0.2, 0.25) is 0 Å². The van der Waals surface area contributed by atoms with Gasteiger partial charge in [-0.2, -0.15) is 5.10 Å². The number of aromatic nitrogens is 2. The first-order chi connectivity index (χ1) is 13.3. The normalized spacial score (nSPS) is 11.5. The van der Waals surface area contributed by atoms with Gasteiger partial charge in [-0.3, -0.25) is 4.79 Å². The van der Waals surface area contributed by atoms with Crippen LogP contribution >= 0.6 is 0 Å². The number of rotatable bonds is 5. The summed E-state index contributed by atoms with van der Waals surface area (Å²) in [4.78, 5) is 12.8. The third-order valence-electron chi connectivity index (χ3n) is 4.49. The van der Waals surface area contributed by atoms with E-state index in [4.69, 9.17) is 9.84 Å². The standard InChI is InChI=1S/C23H27N3O2/c1-16-7-6-8-19(13-16)26-21(14-20(25-26)23(2,3)4)24-22(27)18-11-9-17(10-12-18)15-28-5/h6-14H,15H2,1-5H3,(H,24,27). The van der Waals surface area contributed by atoms with E-state index in [1.807, 2.05) is 55.5 Å². The van der Waals surface area contributed by atoms with Crippen molar-refractivity contribution in [1.29, 1.82) is 0 Å². The Morgan fingerprint density at radius 3 is 2.43 bits per heavy atom. The van der Waals surface area contributed by atoms with Gasteiger partial charge in [-0.25, -0.2) is 4.68 Å². The summed E-state index contributed by atoms with van der Waals surface area (Å²) in [6.45, 7) is 8.89. The highest BCUT2D eigenvalue weighted by molar-refractivity contribution is 6.04. The minimum atomic E-state index is -0.168. The second kappa shape index (κ2) is 7.98. The largest absolute Gasteiger partial charge is 0.380 e. The quantitative estimate of drug-likeness (QED) is 0.690. The van der Waals surface area contributed by atoms with Crippen molar-refractivity contribution in [2.75, 3.05) is 12.4 Å². The molecule has 0 aliphatic heterocycles. The van der Waals surface area contributed by atoms with Crippen LogP contribution in [0, 0.1) is 6.92 Å². The molecule has 0 bridgehead atoms. The predicted molar refractivity (Wildman–Crippen MR) is 112 cm³/mol. The summed E-state index contributed by atoms with van der Waals surface area (Å²) >= 11 is 0. The number of hydrogen-bond acceptors (Lipinski definition) is 3. The zero-order chi connectivity index (χ0) is 20.3. The van der Waals surface area contributed by atoms with Gasteiger partial charge in [0.15, 0.2) is 0 Å². The van der Waals surface area contributed by atoms with Gasteiger partial charge in [0.2, 0.25) is 0 Å². The molecule has 0 aliphatic rings. The van der Waals surface area contributed by atoms with E-state index in [1.54, 1.807) is 11.8 Å². The van der Waals surface area contributed by atoms with Crippen molar-refractivity contribution in [3.63, 3.8) is 0 Å². The van der Waals surface area contributed by atoms with Crippen LogP contribution in [0.4, 0.5) is 5.82 Å². The summed E-state index contributed by atoms with van der Waals surface area (Å²) in [5.41, 5.74) is 4.46. The number of amides is 1. The maximum Gasteiger partial charge on any atom is 0.256 e. The van der Waals surface area contributed by atoms with Crippen LogP contribution in [0.5, 0.6) is 0 Å². The van der Waals surface area contributed by atoms with Crippen molar-refractivity contribution >= 4 is 11.7 Å². The average molecular weight is 377 g/mol. The maximum atomic E-state index is 12.8. The Hall–Kier alpha value is -2.92. The molecule has 28 heavy (non-hydrogen) atoms. The highest BCUT2D eigenvalue weighted by atomic mass is 16.5. The average Bonchev–Trinajstić information content (AvgIpc) is 3.07. The lowest BCUT2D eigenvalue weighted by molar-refractivity contribution is 0.102. The Kier molecular flexibility index (Phi) is 5.66. The monoisotopic (exact) mass is 377 g/mol. The third kappa shape index (κ3) is 4.49. The molecule has 0 radical (unpaired) electrons. The molecule has 0 fully saturated rings. The predicted octanol–water partition coefficient (Wildman–Crippen LogP) is 4.88. The molecule has 1 amide bonds. The van der Waals surface area contributed by atoms with E-state index in [-0.39, 0.29) is 11.3 Å². The molecule has 1 heterocycles. The number of benzene rings is 2. The number of nitrogens with zero attached hydrogens (tertiary/aromatic N) is 2. The van der Waals surface area contributed by atoms with Crippen LogP contribution in [-0.2, 0) is 16.8 Å². The van der Waals surface area contributed by atoms with E-state index in [0.29, 0.717) is 18.0 Å². The Morgan fingerprint density at radius 1 is 1.11 bits per heavy atom.